The first-order valence-corrected chi connectivity index (χ1v) is 14.6. The standard InChI is InChI=1S/C24H30BrCl2N3O4S/c1-4-6-13-28-24(32)22(5-2)29(15-17-7-10-19(26)14-21(17)27)23(31)16-30(35(3,33)34)20-11-8-18(25)9-12-20/h7-12,14,22H,4-6,13,15-16H2,1-3H3,(H,28,32). The van der Waals surface area contributed by atoms with Crippen LogP contribution in [0.5, 0.6) is 0 Å². The largest absolute Gasteiger partial charge is 0.354 e. The summed E-state index contributed by atoms with van der Waals surface area (Å²) >= 11 is 15.7. The molecule has 0 saturated carbocycles. The average molecular weight is 607 g/mol. The van der Waals surface area contributed by atoms with E-state index in [4.69, 9.17) is 23.2 Å². The molecule has 0 radical (unpaired) electrons. The molecule has 0 aromatic heterocycles. The van der Waals surface area contributed by atoms with Crippen LogP contribution in [-0.4, -0.2) is 50.5 Å². The first kappa shape index (κ1) is 29.4. The third kappa shape index (κ3) is 8.66. The van der Waals surface area contributed by atoms with Crippen LogP contribution in [0.1, 0.15) is 38.7 Å². The molecule has 0 bridgehead atoms. The number of benzene rings is 2. The number of hydrogen-bond acceptors (Lipinski definition) is 4. The molecule has 0 saturated heterocycles. The fourth-order valence-corrected chi connectivity index (χ4v) is 5.06. The van der Waals surface area contributed by atoms with Crippen LogP contribution >= 0.6 is 39.1 Å². The molecule has 35 heavy (non-hydrogen) atoms. The van der Waals surface area contributed by atoms with Crippen LogP contribution < -0.4 is 9.62 Å². The molecule has 7 nitrogen and oxygen atoms in total. The van der Waals surface area contributed by atoms with Crippen LogP contribution in [0.4, 0.5) is 5.69 Å². The number of hydrogen-bond donors (Lipinski definition) is 1. The van der Waals surface area contributed by atoms with Gasteiger partial charge in [0.15, 0.2) is 0 Å². The van der Waals surface area contributed by atoms with Gasteiger partial charge in [0, 0.05) is 27.6 Å². The Balaban J connectivity index is 2.43. The maximum Gasteiger partial charge on any atom is 0.244 e. The quantitative estimate of drug-likeness (QED) is 0.335. The lowest BCUT2D eigenvalue weighted by Crippen LogP contribution is -2.52. The SMILES string of the molecule is CCCCNC(=O)C(CC)N(Cc1ccc(Cl)cc1Cl)C(=O)CN(c1ccc(Br)cc1)S(C)(=O)=O. The first-order valence-electron chi connectivity index (χ1n) is 11.2. The molecule has 0 aliphatic carbocycles. The second kappa shape index (κ2) is 13.5. The summed E-state index contributed by atoms with van der Waals surface area (Å²) in [5, 5.41) is 3.67. The van der Waals surface area contributed by atoms with E-state index in [1.54, 1.807) is 49.4 Å². The second-order valence-electron chi connectivity index (χ2n) is 8.07. The molecule has 2 amide bonds. The third-order valence-corrected chi connectivity index (χ3v) is 7.62. The number of nitrogens with one attached hydrogen (secondary N) is 1. The van der Waals surface area contributed by atoms with Gasteiger partial charge in [0.25, 0.3) is 0 Å². The van der Waals surface area contributed by atoms with E-state index >= 15 is 0 Å². The Morgan fingerprint density at radius 3 is 2.29 bits per heavy atom. The van der Waals surface area contributed by atoms with Crippen molar-refractivity contribution in [2.75, 3.05) is 23.7 Å². The van der Waals surface area contributed by atoms with Crippen molar-refractivity contribution in [2.45, 2.75) is 45.7 Å². The van der Waals surface area contributed by atoms with E-state index in [0.717, 1.165) is 27.9 Å². The maximum atomic E-state index is 13.6. The predicted octanol–water partition coefficient (Wildman–Crippen LogP) is 5.25. The van der Waals surface area contributed by atoms with Gasteiger partial charge in [0.05, 0.1) is 11.9 Å². The monoisotopic (exact) mass is 605 g/mol. The normalized spacial score (nSPS) is 12.2. The smallest absolute Gasteiger partial charge is 0.244 e. The Morgan fingerprint density at radius 2 is 1.74 bits per heavy atom. The van der Waals surface area contributed by atoms with Gasteiger partial charge >= 0.3 is 0 Å². The fourth-order valence-electron chi connectivity index (χ4n) is 3.48. The van der Waals surface area contributed by atoms with Gasteiger partial charge in [-0.1, -0.05) is 65.5 Å². The van der Waals surface area contributed by atoms with Crippen LogP contribution in [0, 0.1) is 0 Å². The summed E-state index contributed by atoms with van der Waals surface area (Å²) in [5.74, 6) is -0.823. The fraction of sp³-hybridized carbons (Fsp3) is 0.417. The number of anilines is 1. The van der Waals surface area contributed by atoms with Crippen molar-refractivity contribution in [3.63, 3.8) is 0 Å². The van der Waals surface area contributed by atoms with Crippen molar-refractivity contribution in [1.29, 1.82) is 0 Å². The van der Waals surface area contributed by atoms with E-state index in [1.807, 2.05) is 6.92 Å². The molecule has 2 aromatic carbocycles. The number of halogens is 3. The van der Waals surface area contributed by atoms with Crippen molar-refractivity contribution < 1.29 is 18.0 Å². The lowest BCUT2D eigenvalue weighted by molar-refractivity contribution is -0.140. The molecule has 192 valence electrons. The summed E-state index contributed by atoms with van der Waals surface area (Å²) in [6, 6.07) is 10.7. The van der Waals surface area contributed by atoms with E-state index in [-0.39, 0.29) is 12.5 Å². The minimum Gasteiger partial charge on any atom is -0.354 e. The van der Waals surface area contributed by atoms with Gasteiger partial charge in [-0.15, -0.1) is 0 Å². The van der Waals surface area contributed by atoms with E-state index in [9.17, 15) is 18.0 Å². The number of sulfonamides is 1. The summed E-state index contributed by atoms with van der Waals surface area (Å²) in [7, 11) is -3.79. The van der Waals surface area contributed by atoms with E-state index in [0.29, 0.717) is 34.3 Å². The molecule has 11 heteroatoms. The molecule has 0 aliphatic heterocycles. The molecule has 0 aliphatic rings. The van der Waals surface area contributed by atoms with Crippen molar-refractivity contribution in [1.82, 2.24) is 10.2 Å². The van der Waals surface area contributed by atoms with Gasteiger partial charge in [-0.05, 0) is 54.8 Å². The number of carbonyl (C=O) groups excluding carboxylic acids is 2. The minimum atomic E-state index is -3.79. The topological polar surface area (TPSA) is 86.8 Å². The third-order valence-electron chi connectivity index (χ3n) is 5.37. The van der Waals surface area contributed by atoms with Crippen LogP contribution in [0.25, 0.3) is 0 Å². The summed E-state index contributed by atoms with van der Waals surface area (Å²) in [5.41, 5.74) is 0.938. The maximum absolute atomic E-state index is 13.6. The van der Waals surface area contributed by atoms with E-state index in [1.165, 1.54) is 4.90 Å². The van der Waals surface area contributed by atoms with E-state index in [2.05, 4.69) is 21.2 Å². The number of carbonyl (C=O) groups is 2. The zero-order chi connectivity index (χ0) is 26.2. The molecule has 0 heterocycles. The molecule has 2 aromatic rings. The highest BCUT2D eigenvalue weighted by Gasteiger charge is 2.32. The van der Waals surface area contributed by atoms with Gasteiger partial charge in [-0.25, -0.2) is 8.42 Å². The minimum absolute atomic E-state index is 0.0203. The number of rotatable bonds is 12. The molecule has 1 atom stereocenters. The van der Waals surface area contributed by atoms with Gasteiger partial charge in [-0.3, -0.25) is 13.9 Å². The highest BCUT2D eigenvalue weighted by atomic mass is 79.9. The van der Waals surface area contributed by atoms with Crippen LogP contribution in [0.2, 0.25) is 10.0 Å². The summed E-state index contributed by atoms with van der Waals surface area (Å²) in [4.78, 5) is 28.0. The summed E-state index contributed by atoms with van der Waals surface area (Å²) < 4.78 is 27.0. The highest BCUT2D eigenvalue weighted by Crippen LogP contribution is 2.25. The van der Waals surface area contributed by atoms with Crippen LogP contribution in [0.15, 0.2) is 46.9 Å². The Kier molecular flexibility index (Phi) is 11.3. The second-order valence-corrected chi connectivity index (χ2v) is 11.7. The molecule has 1 unspecified atom stereocenters. The lowest BCUT2D eigenvalue weighted by atomic mass is 10.1. The van der Waals surface area contributed by atoms with Gasteiger partial charge < -0.3 is 10.2 Å². The highest BCUT2D eigenvalue weighted by molar-refractivity contribution is 9.10. The first-order chi connectivity index (χ1) is 16.5. The molecule has 1 N–H and O–H groups in total. The van der Waals surface area contributed by atoms with Crippen molar-refractivity contribution in [2.24, 2.45) is 0 Å². The predicted molar refractivity (Wildman–Crippen MR) is 145 cm³/mol. The Bertz CT molecular complexity index is 1130. The van der Waals surface area contributed by atoms with Gasteiger partial charge in [0.2, 0.25) is 21.8 Å². The lowest BCUT2D eigenvalue weighted by Gasteiger charge is -2.33. The Labute approximate surface area is 225 Å². The van der Waals surface area contributed by atoms with E-state index < -0.39 is 28.5 Å². The average Bonchev–Trinajstić information content (AvgIpc) is 2.78. The summed E-state index contributed by atoms with van der Waals surface area (Å²) in [6.07, 6.45) is 3.10. The molecule has 2 rings (SSSR count). The number of unbranched alkanes of at least 4 members (excludes halogenated alkanes) is 1. The van der Waals surface area contributed by atoms with Crippen LogP contribution in [-0.2, 0) is 26.2 Å². The van der Waals surface area contributed by atoms with Crippen molar-refractivity contribution >= 4 is 66.7 Å². The van der Waals surface area contributed by atoms with Crippen LogP contribution in [0.3, 0.4) is 0 Å². The Hall–Kier alpha value is -1.81. The van der Waals surface area contributed by atoms with Crippen molar-refractivity contribution in [3.05, 3.63) is 62.5 Å². The molecular formula is C24H30BrCl2N3O4S. The zero-order valence-electron chi connectivity index (χ0n) is 19.9. The summed E-state index contributed by atoms with van der Waals surface area (Å²) in [6.45, 7) is 3.86. The molecular weight excluding hydrogens is 577 g/mol. The van der Waals surface area contributed by atoms with Crippen molar-refractivity contribution in [3.8, 4) is 0 Å². The molecule has 0 fully saturated rings. The molecule has 0 spiro atoms. The van der Waals surface area contributed by atoms with Gasteiger partial charge in [0.1, 0.15) is 12.6 Å². The number of amides is 2. The zero-order valence-corrected chi connectivity index (χ0v) is 23.8. The van der Waals surface area contributed by atoms with Gasteiger partial charge in [-0.2, -0.15) is 0 Å². The number of nitrogens with zero attached hydrogens (tertiary/aromatic N) is 2. The Morgan fingerprint density at radius 1 is 1.09 bits per heavy atom.